The molecule has 0 saturated heterocycles. The van der Waals surface area contributed by atoms with Crippen molar-refractivity contribution in [1.82, 2.24) is 15.2 Å². The van der Waals surface area contributed by atoms with Crippen LogP contribution in [0.15, 0.2) is 54.7 Å². The second-order valence-electron chi connectivity index (χ2n) is 5.54. The minimum atomic E-state index is -0.104. The number of rotatable bonds is 5. The third kappa shape index (κ3) is 4.74. The first-order chi connectivity index (χ1) is 12.1. The predicted molar refractivity (Wildman–Crippen MR) is 98.3 cm³/mol. The minimum absolute atomic E-state index is 0.104. The van der Waals surface area contributed by atoms with Gasteiger partial charge in [0.25, 0.3) is 0 Å². The molecule has 3 rings (SSSR count). The fraction of sp³-hybridized carbons (Fsp3) is 0.111. The molecule has 0 radical (unpaired) electrons. The Morgan fingerprint density at radius 3 is 2.44 bits per heavy atom. The van der Waals surface area contributed by atoms with E-state index in [1.54, 1.807) is 6.20 Å². The molecule has 7 heteroatoms. The first-order valence-corrected chi connectivity index (χ1v) is 7.76. The van der Waals surface area contributed by atoms with Crippen LogP contribution in [0, 0.1) is 6.92 Å². The van der Waals surface area contributed by atoms with E-state index in [1.165, 1.54) is 6.92 Å². The third-order valence-electron chi connectivity index (χ3n) is 3.31. The molecule has 126 valence electrons. The fourth-order valence-corrected chi connectivity index (χ4v) is 2.26. The maximum Gasteiger partial charge on any atom is 0.249 e. The maximum atomic E-state index is 11.0. The van der Waals surface area contributed by atoms with Gasteiger partial charge in [-0.15, -0.1) is 5.10 Å². The van der Waals surface area contributed by atoms with Gasteiger partial charge in [-0.05, 0) is 48.9 Å². The zero-order chi connectivity index (χ0) is 17.6. The molecular formula is C18H18N6O. The van der Waals surface area contributed by atoms with Gasteiger partial charge < -0.3 is 16.0 Å². The molecule has 0 saturated carbocycles. The Hall–Kier alpha value is -3.48. The van der Waals surface area contributed by atoms with E-state index in [4.69, 9.17) is 0 Å². The van der Waals surface area contributed by atoms with E-state index in [0.717, 1.165) is 22.6 Å². The number of nitrogens with one attached hydrogen (secondary N) is 3. The van der Waals surface area contributed by atoms with Crippen molar-refractivity contribution in [3.63, 3.8) is 0 Å². The van der Waals surface area contributed by atoms with E-state index in [1.807, 2.05) is 55.5 Å². The lowest BCUT2D eigenvalue weighted by Gasteiger charge is -2.09. The van der Waals surface area contributed by atoms with Crippen LogP contribution in [0.25, 0.3) is 0 Å². The standard InChI is InChI=1S/C18H18N6O/c1-12-4-3-5-16(10-12)22-18-23-17(11-19-24-18)21-15-8-6-14(7-9-15)20-13(2)25/h3-11H,1-2H3,(H,20,25)(H2,21,22,23,24). The topological polar surface area (TPSA) is 91.8 Å². The molecule has 1 heterocycles. The van der Waals surface area contributed by atoms with Crippen molar-refractivity contribution in [1.29, 1.82) is 0 Å². The second-order valence-corrected chi connectivity index (χ2v) is 5.54. The van der Waals surface area contributed by atoms with Gasteiger partial charge in [-0.2, -0.15) is 10.1 Å². The minimum Gasteiger partial charge on any atom is -0.339 e. The maximum absolute atomic E-state index is 11.0. The molecule has 7 nitrogen and oxygen atoms in total. The van der Waals surface area contributed by atoms with Crippen molar-refractivity contribution < 1.29 is 4.79 Å². The summed E-state index contributed by atoms with van der Waals surface area (Å²) in [5, 5.41) is 17.0. The second kappa shape index (κ2) is 7.39. The van der Waals surface area contributed by atoms with Gasteiger partial charge in [0.15, 0.2) is 5.82 Å². The SMILES string of the molecule is CC(=O)Nc1ccc(Nc2cnnc(Nc3cccc(C)c3)n2)cc1. The number of aryl methyl sites for hydroxylation is 1. The van der Waals surface area contributed by atoms with Gasteiger partial charge in [0.2, 0.25) is 11.9 Å². The van der Waals surface area contributed by atoms with Crippen molar-refractivity contribution in [2.75, 3.05) is 16.0 Å². The van der Waals surface area contributed by atoms with Gasteiger partial charge in [0.05, 0.1) is 6.20 Å². The smallest absolute Gasteiger partial charge is 0.249 e. The average Bonchev–Trinajstić information content (AvgIpc) is 2.57. The van der Waals surface area contributed by atoms with E-state index in [0.29, 0.717) is 11.8 Å². The molecule has 25 heavy (non-hydrogen) atoms. The van der Waals surface area contributed by atoms with Crippen molar-refractivity contribution in [2.45, 2.75) is 13.8 Å². The van der Waals surface area contributed by atoms with Crippen LogP contribution < -0.4 is 16.0 Å². The Balaban J connectivity index is 1.70. The molecule has 3 aromatic rings. The molecule has 0 aliphatic carbocycles. The largest absolute Gasteiger partial charge is 0.339 e. The molecule has 0 bridgehead atoms. The summed E-state index contributed by atoms with van der Waals surface area (Å²) >= 11 is 0. The average molecular weight is 334 g/mol. The van der Waals surface area contributed by atoms with Gasteiger partial charge in [0.1, 0.15) is 0 Å². The van der Waals surface area contributed by atoms with Crippen LogP contribution in [0.3, 0.4) is 0 Å². The Kier molecular flexibility index (Phi) is 4.84. The number of aromatic nitrogens is 3. The number of anilines is 5. The molecule has 0 fully saturated rings. The fourth-order valence-electron chi connectivity index (χ4n) is 2.26. The van der Waals surface area contributed by atoms with Crippen LogP contribution in [0.5, 0.6) is 0 Å². The van der Waals surface area contributed by atoms with E-state index in [2.05, 4.69) is 31.1 Å². The van der Waals surface area contributed by atoms with E-state index in [9.17, 15) is 4.79 Å². The Bertz CT molecular complexity index is 879. The van der Waals surface area contributed by atoms with Crippen molar-refractivity contribution in [3.8, 4) is 0 Å². The summed E-state index contributed by atoms with van der Waals surface area (Å²) in [4.78, 5) is 15.4. The summed E-state index contributed by atoms with van der Waals surface area (Å²) in [5.41, 5.74) is 3.61. The summed E-state index contributed by atoms with van der Waals surface area (Å²) in [5.74, 6) is 0.871. The Labute approximate surface area is 145 Å². The third-order valence-corrected chi connectivity index (χ3v) is 3.31. The predicted octanol–water partition coefficient (Wildman–Crippen LogP) is 3.63. The molecular weight excluding hydrogens is 316 g/mol. The van der Waals surface area contributed by atoms with Crippen molar-refractivity contribution in [3.05, 3.63) is 60.3 Å². The van der Waals surface area contributed by atoms with Gasteiger partial charge >= 0.3 is 0 Å². The first kappa shape index (κ1) is 16.4. The van der Waals surface area contributed by atoms with E-state index >= 15 is 0 Å². The summed E-state index contributed by atoms with van der Waals surface area (Å²) in [6.45, 7) is 3.49. The molecule has 0 aliphatic heterocycles. The van der Waals surface area contributed by atoms with Gasteiger partial charge in [0, 0.05) is 24.0 Å². The van der Waals surface area contributed by atoms with Crippen LogP contribution in [0.1, 0.15) is 12.5 Å². The summed E-state index contributed by atoms with van der Waals surface area (Å²) in [6.07, 6.45) is 1.54. The Morgan fingerprint density at radius 2 is 1.72 bits per heavy atom. The lowest BCUT2D eigenvalue weighted by Crippen LogP contribution is -2.05. The number of nitrogens with zero attached hydrogens (tertiary/aromatic N) is 3. The molecule has 0 spiro atoms. The molecule has 1 amide bonds. The zero-order valence-corrected chi connectivity index (χ0v) is 13.9. The Morgan fingerprint density at radius 1 is 0.960 bits per heavy atom. The molecule has 1 aromatic heterocycles. The van der Waals surface area contributed by atoms with Crippen LogP contribution in [-0.2, 0) is 4.79 Å². The van der Waals surface area contributed by atoms with E-state index in [-0.39, 0.29) is 5.91 Å². The van der Waals surface area contributed by atoms with Gasteiger partial charge in [-0.3, -0.25) is 4.79 Å². The lowest BCUT2D eigenvalue weighted by molar-refractivity contribution is -0.114. The quantitative estimate of drug-likeness (QED) is 0.660. The zero-order valence-electron chi connectivity index (χ0n) is 13.9. The summed E-state index contributed by atoms with van der Waals surface area (Å²) in [6, 6.07) is 15.2. The molecule has 0 aliphatic rings. The van der Waals surface area contributed by atoms with Crippen LogP contribution >= 0.6 is 0 Å². The molecule has 3 N–H and O–H groups in total. The summed E-state index contributed by atoms with van der Waals surface area (Å²) in [7, 11) is 0. The normalized spacial score (nSPS) is 10.2. The number of carbonyl (C=O) groups is 1. The molecule has 2 aromatic carbocycles. The number of hydrogen-bond donors (Lipinski definition) is 3. The number of hydrogen-bond acceptors (Lipinski definition) is 6. The van der Waals surface area contributed by atoms with Crippen molar-refractivity contribution >= 4 is 34.7 Å². The highest BCUT2D eigenvalue weighted by molar-refractivity contribution is 5.88. The highest BCUT2D eigenvalue weighted by Gasteiger charge is 2.03. The number of benzene rings is 2. The first-order valence-electron chi connectivity index (χ1n) is 7.76. The van der Waals surface area contributed by atoms with Crippen LogP contribution in [0.4, 0.5) is 28.8 Å². The monoisotopic (exact) mass is 334 g/mol. The van der Waals surface area contributed by atoms with Gasteiger partial charge in [-0.1, -0.05) is 12.1 Å². The van der Waals surface area contributed by atoms with Crippen molar-refractivity contribution in [2.24, 2.45) is 0 Å². The molecule has 0 unspecified atom stereocenters. The van der Waals surface area contributed by atoms with Gasteiger partial charge in [-0.25, -0.2) is 0 Å². The van der Waals surface area contributed by atoms with E-state index < -0.39 is 0 Å². The van der Waals surface area contributed by atoms with Crippen LogP contribution in [-0.4, -0.2) is 21.1 Å². The number of amides is 1. The summed E-state index contributed by atoms with van der Waals surface area (Å²) < 4.78 is 0. The molecule has 0 atom stereocenters. The highest BCUT2D eigenvalue weighted by atomic mass is 16.1. The number of carbonyl (C=O) groups excluding carboxylic acids is 1. The van der Waals surface area contributed by atoms with Crippen LogP contribution in [0.2, 0.25) is 0 Å². The lowest BCUT2D eigenvalue weighted by atomic mass is 10.2. The highest BCUT2D eigenvalue weighted by Crippen LogP contribution is 2.19.